The summed E-state index contributed by atoms with van der Waals surface area (Å²) in [5.74, 6) is 0.589. The molecule has 172 valence electrons. The number of benzene rings is 2. The van der Waals surface area contributed by atoms with Crippen LogP contribution in [0, 0.1) is 19.8 Å². The molecule has 0 spiro atoms. The summed E-state index contributed by atoms with van der Waals surface area (Å²) in [7, 11) is 0. The molecule has 2 aromatic rings. The Morgan fingerprint density at radius 2 is 1.34 bits per heavy atom. The van der Waals surface area contributed by atoms with Crippen molar-refractivity contribution in [1.29, 1.82) is 0 Å². The zero-order valence-corrected chi connectivity index (χ0v) is 26.3. The van der Waals surface area contributed by atoms with Gasteiger partial charge in [-0.1, -0.05) is 0 Å². The van der Waals surface area contributed by atoms with E-state index < -0.39 is 17.4 Å². The fourth-order valence-electron chi connectivity index (χ4n) is 6.37. The Morgan fingerprint density at radius 1 is 0.781 bits per heavy atom. The van der Waals surface area contributed by atoms with Crippen molar-refractivity contribution in [2.75, 3.05) is 0 Å². The van der Waals surface area contributed by atoms with Gasteiger partial charge in [0.1, 0.15) is 0 Å². The summed E-state index contributed by atoms with van der Waals surface area (Å²) >= 11 is -3.36. The van der Waals surface area contributed by atoms with Crippen LogP contribution in [0.5, 0.6) is 0 Å². The number of hydrogen-bond acceptors (Lipinski definition) is 0. The van der Waals surface area contributed by atoms with Gasteiger partial charge in [0.05, 0.1) is 0 Å². The maximum absolute atomic E-state index is 3.36. The van der Waals surface area contributed by atoms with E-state index in [9.17, 15) is 0 Å². The van der Waals surface area contributed by atoms with E-state index >= 15 is 0 Å². The topological polar surface area (TPSA) is 0 Å². The minimum Gasteiger partial charge on any atom is -0.147 e. The van der Waals surface area contributed by atoms with Crippen LogP contribution in [0.25, 0.3) is 5.57 Å². The third kappa shape index (κ3) is 4.04. The average molecular weight is 565 g/mol. The molecule has 0 nitrogen and oxygen atoms in total. The Balaban J connectivity index is 0.00000181. The van der Waals surface area contributed by atoms with Gasteiger partial charge in [-0.15, -0.1) is 24.8 Å². The van der Waals surface area contributed by atoms with Crippen LogP contribution in [0.15, 0.2) is 68.5 Å². The molecule has 2 aliphatic rings. The zero-order valence-electron chi connectivity index (χ0n) is 20.8. The van der Waals surface area contributed by atoms with Crippen LogP contribution >= 0.6 is 24.8 Å². The zero-order chi connectivity index (χ0) is 22.0. The molecule has 32 heavy (non-hydrogen) atoms. The fourth-order valence-corrected chi connectivity index (χ4v) is 24.9. The fraction of sp³-hybridized carbons (Fsp3) is 0.357. The molecule has 2 aliphatic carbocycles. The van der Waals surface area contributed by atoms with Crippen molar-refractivity contribution in [3.63, 3.8) is 0 Å². The maximum atomic E-state index is 2.71. The van der Waals surface area contributed by atoms with Crippen LogP contribution in [-0.4, -0.2) is 6.88 Å². The first-order chi connectivity index (χ1) is 13.9. The Kier molecular flexibility index (Phi) is 7.91. The molecular formula is C28H38Cl2SiZr. The van der Waals surface area contributed by atoms with E-state index in [1.165, 1.54) is 27.8 Å². The standard InChI is InChI=1S/C17H15.C9H13.2CH3.2ClH.H2Si.Zr/c1-12-8-9-13(2)17-15(12)10-11-16(17)14-6-4-3-5-7-14;1-6-5-7(2)9(4)8(6)3;;;;;;/h3-11H,1-2H3;6H,1-4H3;2*1H3;2*1H;1H2;. The quantitative estimate of drug-likeness (QED) is 0.330. The summed E-state index contributed by atoms with van der Waals surface area (Å²) in [4.78, 5) is 0. The van der Waals surface area contributed by atoms with E-state index in [0.717, 1.165) is 0 Å². The summed E-state index contributed by atoms with van der Waals surface area (Å²) in [6.07, 6.45) is 2.67. The van der Waals surface area contributed by atoms with Crippen molar-refractivity contribution in [3.05, 3.63) is 96.4 Å². The predicted octanol–water partition coefficient (Wildman–Crippen LogP) is 8.23. The summed E-state index contributed by atoms with van der Waals surface area (Å²) in [6.45, 7) is 16.6. The summed E-state index contributed by atoms with van der Waals surface area (Å²) in [5.41, 5.74) is 13.5. The van der Waals surface area contributed by atoms with Crippen molar-refractivity contribution in [1.82, 2.24) is 0 Å². The van der Waals surface area contributed by atoms with Gasteiger partial charge in [-0.25, -0.2) is 0 Å². The largest absolute Gasteiger partial charge is 0.147 e. The Bertz CT molecular complexity index is 1230. The van der Waals surface area contributed by atoms with Crippen LogP contribution in [0.2, 0.25) is 9.26 Å². The van der Waals surface area contributed by atoms with Crippen molar-refractivity contribution in [2.45, 2.75) is 54.4 Å². The van der Waals surface area contributed by atoms with Crippen molar-refractivity contribution < 1.29 is 17.4 Å². The van der Waals surface area contributed by atoms with E-state index in [1.54, 1.807) is 22.3 Å². The van der Waals surface area contributed by atoms with Gasteiger partial charge in [0, 0.05) is 0 Å². The Hall–Kier alpha value is -0.660. The first-order valence-electron chi connectivity index (χ1n) is 11.3. The third-order valence-electron chi connectivity index (χ3n) is 8.19. The van der Waals surface area contributed by atoms with Gasteiger partial charge in [0.25, 0.3) is 0 Å². The minimum atomic E-state index is -3.36. The van der Waals surface area contributed by atoms with E-state index in [-0.39, 0.29) is 24.8 Å². The Morgan fingerprint density at radius 3 is 1.88 bits per heavy atom. The van der Waals surface area contributed by atoms with Crippen LogP contribution in [-0.2, 0) is 17.4 Å². The van der Waals surface area contributed by atoms with Gasteiger partial charge in [0.2, 0.25) is 0 Å². The summed E-state index contributed by atoms with van der Waals surface area (Å²) in [6, 6.07) is 15.7. The second-order valence-electron chi connectivity index (χ2n) is 10.8. The molecule has 0 heterocycles. The van der Waals surface area contributed by atoms with Crippen LogP contribution in [0.3, 0.4) is 0 Å². The van der Waals surface area contributed by atoms with E-state index in [4.69, 9.17) is 0 Å². The number of halogens is 2. The maximum Gasteiger partial charge on any atom is -0.147 e. The first-order valence-corrected chi connectivity index (χ1v) is 24.8. The molecule has 4 rings (SSSR count). The van der Waals surface area contributed by atoms with Gasteiger partial charge < -0.3 is 0 Å². The van der Waals surface area contributed by atoms with Gasteiger partial charge in [-0.3, -0.25) is 0 Å². The summed E-state index contributed by atoms with van der Waals surface area (Å²) in [5, 5.41) is 0. The second kappa shape index (κ2) is 9.18. The van der Waals surface area contributed by atoms with Gasteiger partial charge in [0.15, 0.2) is 0 Å². The number of aryl methyl sites for hydroxylation is 2. The van der Waals surface area contributed by atoms with Gasteiger partial charge >= 0.3 is 187 Å². The van der Waals surface area contributed by atoms with Crippen molar-refractivity contribution in [2.24, 2.45) is 5.92 Å². The van der Waals surface area contributed by atoms with Gasteiger partial charge in [-0.2, -0.15) is 0 Å². The molecule has 2 aromatic carbocycles. The van der Waals surface area contributed by atoms with Crippen LogP contribution in [0.1, 0.15) is 59.1 Å². The molecule has 4 heteroatoms. The number of allylic oxidation sites excluding steroid dienone is 5. The third-order valence-corrected chi connectivity index (χ3v) is 25.4. The number of fused-ring (bicyclic) bond motifs is 1. The average Bonchev–Trinajstić information content (AvgIpc) is 3.20. The molecule has 0 bridgehead atoms. The van der Waals surface area contributed by atoms with Crippen molar-refractivity contribution in [3.8, 4) is 0 Å². The predicted molar refractivity (Wildman–Crippen MR) is 147 cm³/mol. The molecule has 0 amide bonds. The molecule has 0 radical (unpaired) electrons. The molecular weight excluding hydrogens is 527 g/mol. The van der Waals surface area contributed by atoms with E-state index in [1.807, 2.05) is 3.28 Å². The summed E-state index contributed by atoms with van der Waals surface area (Å²) < 4.78 is 7.80. The first kappa shape index (κ1) is 27.6. The van der Waals surface area contributed by atoms with Crippen LogP contribution in [0.4, 0.5) is 0 Å². The molecule has 0 saturated heterocycles. The Labute approximate surface area is 210 Å². The monoisotopic (exact) mass is 562 g/mol. The molecule has 2 atom stereocenters. The second-order valence-corrected chi connectivity index (χ2v) is 40.3. The van der Waals surface area contributed by atoms with Crippen LogP contribution < -0.4 is 0 Å². The molecule has 2 unspecified atom stereocenters. The van der Waals surface area contributed by atoms with E-state index in [0.29, 0.717) is 9.54 Å². The molecule has 0 saturated carbocycles. The molecule has 0 fully saturated rings. The normalized spacial score (nSPS) is 20.6. The van der Waals surface area contributed by atoms with Gasteiger partial charge in [-0.05, 0) is 0 Å². The SMILES string of the molecule is CC1=C(C)C(C)[C]([Zr]([CH3])([CH3])(=[SiH2])[CH]2C=C(c3ccccc3)c3c(C)ccc(C)c32)=C1C.Cl.Cl. The molecule has 0 aliphatic heterocycles. The number of rotatable bonds is 3. The smallest absolute Gasteiger partial charge is 0.147 e. The molecule has 0 N–H and O–H groups in total. The number of hydrogen-bond donors (Lipinski definition) is 0. The van der Waals surface area contributed by atoms with Crippen molar-refractivity contribution >= 4 is 37.3 Å². The minimum absolute atomic E-state index is 0. The van der Waals surface area contributed by atoms with E-state index in [2.05, 4.69) is 106 Å². The molecule has 0 aromatic heterocycles.